The van der Waals surface area contributed by atoms with Crippen LogP contribution in [0.3, 0.4) is 0 Å². The van der Waals surface area contributed by atoms with E-state index in [9.17, 15) is 5.11 Å². The van der Waals surface area contributed by atoms with Crippen LogP contribution in [0.5, 0.6) is 0 Å². The molecule has 0 aliphatic rings. The van der Waals surface area contributed by atoms with Crippen LogP contribution in [0.2, 0.25) is 0 Å². The Morgan fingerprint density at radius 2 is 2.08 bits per heavy atom. The topological polar surface area (TPSA) is 60.2 Å². The molecule has 0 saturated carbocycles. The first-order valence-corrected chi connectivity index (χ1v) is 8.93. The number of allylic oxidation sites excluding steroid dienone is 4. The number of rotatable bonds is 7. The third kappa shape index (κ3) is 4.48. The van der Waals surface area contributed by atoms with Crippen molar-refractivity contribution < 1.29 is 9.84 Å². The highest BCUT2D eigenvalue weighted by Crippen LogP contribution is 2.25. The van der Waals surface area contributed by atoms with Gasteiger partial charge in [-0.05, 0) is 57.9 Å². The van der Waals surface area contributed by atoms with E-state index in [-0.39, 0.29) is 0 Å². The largest absolute Gasteiger partial charge is 0.389 e. The van der Waals surface area contributed by atoms with Crippen LogP contribution in [0, 0.1) is 6.92 Å². The highest BCUT2D eigenvalue weighted by Gasteiger charge is 2.16. The summed E-state index contributed by atoms with van der Waals surface area (Å²) < 4.78 is 6.96. The second-order valence-electron chi connectivity index (χ2n) is 6.52. The van der Waals surface area contributed by atoms with Crippen LogP contribution in [0.15, 0.2) is 35.9 Å². The molecule has 0 aliphatic carbocycles. The maximum atomic E-state index is 10.2. The smallest absolute Gasteiger partial charge is 0.160 e. The van der Waals surface area contributed by atoms with Gasteiger partial charge in [0.05, 0.1) is 24.1 Å². The quantitative estimate of drug-likeness (QED) is 0.757. The fourth-order valence-electron chi connectivity index (χ4n) is 2.82. The second-order valence-corrected chi connectivity index (χ2v) is 6.52. The molecule has 1 N–H and O–H groups in total. The van der Waals surface area contributed by atoms with Gasteiger partial charge in [-0.2, -0.15) is 5.10 Å². The Morgan fingerprint density at radius 1 is 1.35 bits per heavy atom. The highest BCUT2D eigenvalue weighted by atomic mass is 16.5. The summed E-state index contributed by atoms with van der Waals surface area (Å²) in [5.74, 6) is 0.672. The molecule has 2 aromatic heterocycles. The Labute approximate surface area is 156 Å². The third-order valence-corrected chi connectivity index (χ3v) is 4.45. The predicted molar refractivity (Wildman–Crippen MR) is 105 cm³/mol. The number of aliphatic hydroxyl groups is 1. The van der Waals surface area contributed by atoms with Crippen molar-refractivity contribution in [3.63, 3.8) is 0 Å². The average Bonchev–Trinajstić information content (AvgIpc) is 2.99. The summed E-state index contributed by atoms with van der Waals surface area (Å²) in [5, 5.41) is 14.9. The summed E-state index contributed by atoms with van der Waals surface area (Å²) in [6, 6.07) is 5.93. The number of methoxy groups -OCH3 is 1. The first-order chi connectivity index (χ1) is 12.4. The number of nitrogens with zero attached hydrogens (tertiary/aromatic N) is 3. The lowest BCUT2D eigenvalue weighted by Crippen LogP contribution is -2.10. The van der Waals surface area contributed by atoms with Gasteiger partial charge in [0.25, 0.3) is 0 Å². The second kappa shape index (κ2) is 8.92. The number of aryl methyl sites for hydroxylation is 1. The fraction of sp³-hybridized carbons (Fsp3) is 0.429. The molecule has 0 spiro atoms. The van der Waals surface area contributed by atoms with Crippen molar-refractivity contribution in [1.82, 2.24) is 14.8 Å². The molecular formula is C21H29N3O2. The Kier molecular flexibility index (Phi) is 6.89. The van der Waals surface area contributed by atoms with Crippen LogP contribution in [-0.2, 0) is 11.2 Å². The molecule has 0 fully saturated rings. The summed E-state index contributed by atoms with van der Waals surface area (Å²) in [6.07, 6.45) is 4.21. The normalized spacial score (nSPS) is 14.0. The van der Waals surface area contributed by atoms with Gasteiger partial charge in [0.15, 0.2) is 5.82 Å². The van der Waals surface area contributed by atoms with Crippen LogP contribution in [0.25, 0.3) is 11.4 Å². The fourth-order valence-corrected chi connectivity index (χ4v) is 2.82. The van der Waals surface area contributed by atoms with Crippen molar-refractivity contribution in [2.45, 2.75) is 47.1 Å². The van der Waals surface area contributed by atoms with Crippen molar-refractivity contribution in [2.75, 3.05) is 13.7 Å². The van der Waals surface area contributed by atoms with E-state index in [0.717, 1.165) is 40.2 Å². The molecule has 2 heterocycles. The molecule has 0 unspecified atom stereocenters. The van der Waals surface area contributed by atoms with E-state index in [2.05, 4.69) is 25.0 Å². The van der Waals surface area contributed by atoms with E-state index in [1.807, 2.05) is 42.8 Å². The molecule has 140 valence electrons. The van der Waals surface area contributed by atoms with Crippen LogP contribution >= 0.6 is 0 Å². The van der Waals surface area contributed by atoms with E-state index in [4.69, 9.17) is 9.72 Å². The van der Waals surface area contributed by atoms with Crippen LogP contribution in [0.4, 0.5) is 0 Å². The van der Waals surface area contributed by atoms with Gasteiger partial charge in [0, 0.05) is 24.8 Å². The molecule has 5 nitrogen and oxygen atoms in total. The number of pyridine rings is 1. The zero-order chi connectivity index (χ0) is 19.3. The highest BCUT2D eigenvalue weighted by molar-refractivity contribution is 5.67. The van der Waals surface area contributed by atoms with Crippen molar-refractivity contribution >= 4 is 5.57 Å². The molecular weight excluding hydrogens is 326 g/mol. The first-order valence-electron chi connectivity index (χ1n) is 8.93. The summed E-state index contributed by atoms with van der Waals surface area (Å²) >= 11 is 0. The monoisotopic (exact) mass is 355 g/mol. The lowest BCUT2D eigenvalue weighted by molar-refractivity contribution is 0.198. The molecule has 0 amide bonds. The van der Waals surface area contributed by atoms with Gasteiger partial charge in [-0.1, -0.05) is 18.2 Å². The van der Waals surface area contributed by atoms with E-state index in [1.165, 1.54) is 0 Å². The summed E-state index contributed by atoms with van der Waals surface area (Å²) in [4.78, 5) is 4.84. The third-order valence-electron chi connectivity index (χ3n) is 4.45. The Hall–Kier alpha value is -2.24. The van der Waals surface area contributed by atoms with Gasteiger partial charge in [-0.3, -0.25) is 0 Å². The summed E-state index contributed by atoms with van der Waals surface area (Å²) in [7, 11) is 1.68. The van der Waals surface area contributed by atoms with Crippen molar-refractivity contribution in [3.05, 3.63) is 58.6 Å². The summed E-state index contributed by atoms with van der Waals surface area (Å²) in [5.41, 5.74) is 5.84. The molecule has 0 radical (unpaired) electrons. The minimum atomic E-state index is -0.626. The van der Waals surface area contributed by atoms with E-state index in [0.29, 0.717) is 12.4 Å². The molecule has 1 atom stereocenters. The van der Waals surface area contributed by atoms with Crippen molar-refractivity contribution in [2.24, 2.45) is 0 Å². The first kappa shape index (κ1) is 20.1. The maximum Gasteiger partial charge on any atom is 0.160 e. The van der Waals surface area contributed by atoms with E-state index < -0.39 is 6.10 Å². The Balaban J connectivity index is 2.57. The summed E-state index contributed by atoms with van der Waals surface area (Å²) in [6.45, 7) is 10.5. The SMILES string of the molecule is C/C=C\C(C)=C(\C)c1ccc([C@H](C)O)c(-n2nc(CCOC)cc2C)n1. The van der Waals surface area contributed by atoms with Crippen molar-refractivity contribution in [1.29, 1.82) is 0 Å². The maximum absolute atomic E-state index is 10.2. The predicted octanol–water partition coefficient (Wildman–Crippen LogP) is 4.19. The molecule has 0 bridgehead atoms. The van der Waals surface area contributed by atoms with Gasteiger partial charge in [-0.25, -0.2) is 9.67 Å². The Morgan fingerprint density at radius 3 is 2.69 bits per heavy atom. The van der Waals surface area contributed by atoms with Crippen LogP contribution in [-0.4, -0.2) is 33.6 Å². The van der Waals surface area contributed by atoms with E-state index >= 15 is 0 Å². The molecule has 0 aromatic carbocycles. The van der Waals surface area contributed by atoms with Crippen molar-refractivity contribution in [3.8, 4) is 5.82 Å². The van der Waals surface area contributed by atoms with Gasteiger partial charge < -0.3 is 9.84 Å². The van der Waals surface area contributed by atoms with E-state index in [1.54, 1.807) is 14.0 Å². The van der Waals surface area contributed by atoms with Gasteiger partial charge >= 0.3 is 0 Å². The minimum absolute atomic E-state index is 0.623. The molecule has 5 heteroatoms. The van der Waals surface area contributed by atoms with Gasteiger partial charge in [0.1, 0.15) is 0 Å². The molecule has 26 heavy (non-hydrogen) atoms. The lowest BCUT2D eigenvalue weighted by Gasteiger charge is -2.15. The Bertz CT molecular complexity index is 817. The number of aliphatic hydroxyl groups excluding tert-OH is 1. The number of hydrogen-bond donors (Lipinski definition) is 1. The van der Waals surface area contributed by atoms with Gasteiger partial charge in [0.2, 0.25) is 0 Å². The zero-order valence-electron chi connectivity index (χ0n) is 16.6. The lowest BCUT2D eigenvalue weighted by atomic mass is 10.0. The zero-order valence-corrected chi connectivity index (χ0v) is 16.6. The number of ether oxygens (including phenoxy) is 1. The van der Waals surface area contributed by atoms with Crippen LogP contribution in [0.1, 0.15) is 56.4 Å². The van der Waals surface area contributed by atoms with Crippen LogP contribution < -0.4 is 0 Å². The van der Waals surface area contributed by atoms with Gasteiger partial charge in [-0.15, -0.1) is 0 Å². The standard InChI is InChI=1S/C21H29N3O2/c1-7-8-14(2)16(4)20-10-9-19(17(5)25)21(22-20)24-15(3)13-18(23-24)11-12-26-6/h7-10,13,17,25H,11-12H2,1-6H3/b8-7-,16-14-/t17-/m0/s1. The molecule has 2 aromatic rings. The molecule has 0 saturated heterocycles. The number of aromatic nitrogens is 3. The molecule has 0 aliphatic heterocycles. The molecule has 2 rings (SSSR count). The number of hydrogen-bond acceptors (Lipinski definition) is 4. The minimum Gasteiger partial charge on any atom is -0.389 e. The average molecular weight is 355 g/mol.